The number of ether oxygens (including phenoxy) is 2. The molecular weight excluding hydrogens is 368 g/mol. The summed E-state index contributed by atoms with van der Waals surface area (Å²) in [7, 11) is 0. The van der Waals surface area contributed by atoms with Crippen molar-refractivity contribution in [1.29, 1.82) is 0 Å². The van der Waals surface area contributed by atoms with Gasteiger partial charge in [-0.1, -0.05) is 0 Å². The average Bonchev–Trinajstić information content (AvgIpc) is 3.05. The van der Waals surface area contributed by atoms with Gasteiger partial charge in [0.2, 0.25) is 5.88 Å². The molecule has 3 aromatic rings. The Bertz CT molecular complexity index is 1050. The Morgan fingerprint density at radius 3 is 2.90 bits per heavy atom. The molecule has 1 saturated heterocycles. The first-order valence-electron chi connectivity index (χ1n) is 9.59. The third kappa shape index (κ3) is 4.30. The lowest BCUT2D eigenvalue weighted by molar-refractivity contribution is 0.0340. The zero-order valence-electron chi connectivity index (χ0n) is 16.5. The monoisotopic (exact) mass is 392 g/mol. The summed E-state index contributed by atoms with van der Waals surface area (Å²) in [4.78, 5) is 20.9. The molecular formula is C22H24N4O3. The number of nitrogens with zero attached hydrogens (tertiary/aromatic N) is 2. The van der Waals surface area contributed by atoms with Gasteiger partial charge in [0.05, 0.1) is 24.5 Å². The van der Waals surface area contributed by atoms with Crippen molar-refractivity contribution in [3.8, 4) is 5.88 Å². The maximum Gasteiger partial charge on any atom is 0.276 e. The summed E-state index contributed by atoms with van der Waals surface area (Å²) < 4.78 is 11.8. The first-order valence-corrected chi connectivity index (χ1v) is 9.59. The van der Waals surface area contributed by atoms with Crippen LogP contribution >= 0.6 is 0 Å². The molecule has 1 fully saturated rings. The highest BCUT2D eigenvalue weighted by Crippen LogP contribution is 2.31. The molecule has 0 saturated carbocycles. The minimum absolute atomic E-state index is 0.0929. The normalized spacial score (nSPS) is 17.9. The number of pyridine rings is 2. The number of nitrogen functional groups attached to an aromatic ring is 1. The number of aromatic nitrogens is 2. The highest BCUT2D eigenvalue weighted by Gasteiger charge is 2.32. The van der Waals surface area contributed by atoms with E-state index >= 15 is 0 Å². The predicted octanol–water partition coefficient (Wildman–Crippen LogP) is 3.66. The molecule has 0 radical (unpaired) electrons. The average molecular weight is 392 g/mol. The van der Waals surface area contributed by atoms with Crippen molar-refractivity contribution >= 4 is 28.1 Å². The van der Waals surface area contributed by atoms with Crippen molar-refractivity contribution in [3.63, 3.8) is 0 Å². The van der Waals surface area contributed by atoms with Crippen LogP contribution in [0, 0.1) is 5.92 Å². The Hall–Kier alpha value is -3.19. The lowest BCUT2D eigenvalue weighted by Gasteiger charge is -2.16. The van der Waals surface area contributed by atoms with Crippen molar-refractivity contribution in [2.24, 2.45) is 5.92 Å². The second kappa shape index (κ2) is 7.67. The molecule has 7 heteroatoms. The Kier molecular flexibility index (Phi) is 5.07. The molecule has 0 aliphatic carbocycles. The number of amides is 1. The summed E-state index contributed by atoms with van der Waals surface area (Å²) in [6, 6.07) is 10.8. The fourth-order valence-corrected chi connectivity index (χ4v) is 3.60. The van der Waals surface area contributed by atoms with Crippen LogP contribution in [0.5, 0.6) is 5.88 Å². The third-order valence-electron chi connectivity index (χ3n) is 4.99. The van der Waals surface area contributed by atoms with Crippen molar-refractivity contribution < 1.29 is 14.3 Å². The topological polar surface area (TPSA) is 99.4 Å². The Morgan fingerprint density at radius 2 is 2.14 bits per heavy atom. The fourth-order valence-electron chi connectivity index (χ4n) is 3.60. The summed E-state index contributed by atoms with van der Waals surface area (Å²) in [5.74, 6) is 0.584. The molecule has 1 aromatic carbocycles. The van der Waals surface area contributed by atoms with Crippen LogP contribution in [0.4, 0.5) is 11.4 Å². The first kappa shape index (κ1) is 19.1. The van der Waals surface area contributed by atoms with E-state index in [9.17, 15) is 4.79 Å². The second-order valence-corrected chi connectivity index (χ2v) is 7.90. The maximum atomic E-state index is 12.4. The highest BCUT2D eigenvalue weighted by atomic mass is 16.5. The molecule has 7 nitrogen and oxygen atoms in total. The van der Waals surface area contributed by atoms with E-state index in [1.165, 1.54) is 6.20 Å². The van der Waals surface area contributed by atoms with Crippen LogP contribution in [0.2, 0.25) is 0 Å². The lowest BCUT2D eigenvalue weighted by Crippen LogP contribution is -2.18. The minimum Gasteiger partial charge on any atom is -0.477 e. The summed E-state index contributed by atoms with van der Waals surface area (Å²) in [6.07, 6.45) is 4.21. The fraction of sp³-hybridized carbons (Fsp3) is 0.318. The Labute approximate surface area is 169 Å². The maximum absolute atomic E-state index is 12.4. The van der Waals surface area contributed by atoms with Crippen LogP contribution in [0.3, 0.4) is 0 Å². The minimum atomic E-state index is -0.350. The number of carbonyl (C=O) groups excluding carboxylic acids is 1. The number of fused-ring (bicyclic) bond motifs is 1. The lowest BCUT2D eigenvalue weighted by atomic mass is 9.99. The van der Waals surface area contributed by atoms with E-state index < -0.39 is 0 Å². The summed E-state index contributed by atoms with van der Waals surface area (Å²) in [5.41, 5.74) is 6.93. The Balaban J connectivity index is 1.49. The number of hydrogen-bond donors (Lipinski definition) is 2. The molecule has 1 amide bonds. The highest BCUT2D eigenvalue weighted by molar-refractivity contribution is 6.07. The molecule has 1 atom stereocenters. The van der Waals surface area contributed by atoms with Gasteiger partial charge in [-0.15, -0.1) is 0 Å². The SMILES string of the molecule is CC1(C)CC(COc2nccc3cc(NC(=O)c4ncccc4N)ccc23)CO1. The molecule has 1 unspecified atom stereocenters. The Morgan fingerprint density at radius 1 is 1.28 bits per heavy atom. The van der Waals surface area contributed by atoms with Gasteiger partial charge < -0.3 is 20.5 Å². The molecule has 1 aliphatic heterocycles. The van der Waals surface area contributed by atoms with Gasteiger partial charge in [-0.25, -0.2) is 9.97 Å². The summed E-state index contributed by atoms with van der Waals surface area (Å²) in [6.45, 7) is 5.45. The van der Waals surface area contributed by atoms with Crippen molar-refractivity contribution in [1.82, 2.24) is 9.97 Å². The van der Waals surface area contributed by atoms with E-state index in [0.29, 0.717) is 36.4 Å². The van der Waals surface area contributed by atoms with E-state index in [0.717, 1.165) is 17.2 Å². The first-order chi connectivity index (χ1) is 13.9. The van der Waals surface area contributed by atoms with Gasteiger partial charge in [-0.3, -0.25) is 4.79 Å². The second-order valence-electron chi connectivity index (χ2n) is 7.90. The van der Waals surface area contributed by atoms with Crippen LogP contribution in [-0.2, 0) is 4.74 Å². The number of rotatable bonds is 5. The third-order valence-corrected chi connectivity index (χ3v) is 4.99. The van der Waals surface area contributed by atoms with Crippen LogP contribution in [0.1, 0.15) is 30.8 Å². The van der Waals surface area contributed by atoms with Gasteiger partial charge in [-0.2, -0.15) is 0 Å². The molecule has 150 valence electrons. The van der Waals surface area contributed by atoms with Gasteiger partial charge in [0.1, 0.15) is 0 Å². The molecule has 0 bridgehead atoms. The molecule has 4 rings (SSSR count). The van der Waals surface area contributed by atoms with Gasteiger partial charge in [0.15, 0.2) is 5.69 Å². The van der Waals surface area contributed by atoms with E-state index in [2.05, 4.69) is 29.1 Å². The molecule has 0 spiro atoms. The van der Waals surface area contributed by atoms with Gasteiger partial charge in [-0.05, 0) is 62.1 Å². The number of anilines is 2. The van der Waals surface area contributed by atoms with Gasteiger partial charge in [0.25, 0.3) is 5.91 Å². The smallest absolute Gasteiger partial charge is 0.276 e. The van der Waals surface area contributed by atoms with Crippen molar-refractivity contribution in [2.75, 3.05) is 24.3 Å². The molecule has 3 heterocycles. The number of hydrogen-bond acceptors (Lipinski definition) is 6. The number of nitrogens with one attached hydrogen (secondary N) is 1. The van der Waals surface area contributed by atoms with Gasteiger partial charge >= 0.3 is 0 Å². The van der Waals surface area contributed by atoms with Gasteiger partial charge in [0, 0.05) is 29.4 Å². The number of benzene rings is 1. The number of carbonyl (C=O) groups is 1. The summed E-state index contributed by atoms with van der Waals surface area (Å²) >= 11 is 0. The van der Waals surface area contributed by atoms with Crippen LogP contribution in [0.25, 0.3) is 10.8 Å². The predicted molar refractivity (Wildman–Crippen MR) is 112 cm³/mol. The van der Waals surface area contributed by atoms with E-state index in [1.54, 1.807) is 18.3 Å². The molecule has 29 heavy (non-hydrogen) atoms. The molecule has 2 aromatic heterocycles. The quantitative estimate of drug-likeness (QED) is 0.687. The largest absolute Gasteiger partial charge is 0.477 e. The zero-order valence-corrected chi connectivity index (χ0v) is 16.5. The van der Waals surface area contributed by atoms with Crippen LogP contribution in [-0.4, -0.2) is 34.7 Å². The standard InChI is InChI=1S/C22H24N4O3/c1-22(2)11-14(13-29-22)12-28-21-17-6-5-16(10-15(17)7-9-25-21)26-20(27)19-18(23)4-3-8-24-19/h3-10,14H,11-13,23H2,1-2H3,(H,26,27). The summed E-state index contributed by atoms with van der Waals surface area (Å²) in [5, 5.41) is 4.65. The van der Waals surface area contributed by atoms with Crippen molar-refractivity contribution in [3.05, 3.63) is 54.5 Å². The van der Waals surface area contributed by atoms with E-state index in [4.69, 9.17) is 15.2 Å². The van der Waals surface area contributed by atoms with E-state index in [1.807, 2.05) is 24.3 Å². The van der Waals surface area contributed by atoms with Crippen LogP contribution in [0.15, 0.2) is 48.8 Å². The molecule has 3 N–H and O–H groups in total. The number of nitrogens with two attached hydrogens (primary N) is 1. The zero-order chi connectivity index (χ0) is 20.4. The molecule has 1 aliphatic rings. The van der Waals surface area contributed by atoms with Crippen molar-refractivity contribution in [2.45, 2.75) is 25.9 Å². The van der Waals surface area contributed by atoms with Crippen LogP contribution < -0.4 is 15.8 Å². The van der Waals surface area contributed by atoms with E-state index in [-0.39, 0.29) is 17.2 Å².